The number of hydrogen-bond donors (Lipinski definition) is 2. The highest BCUT2D eigenvalue weighted by molar-refractivity contribution is 5.50. The monoisotopic (exact) mass is 221 g/mol. The summed E-state index contributed by atoms with van der Waals surface area (Å²) in [5.41, 5.74) is 7.51. The number of aryl methyl sites for hydroxylation is 1. The Balaban J connectivity index is 2.54. The van der Waals surface area contributed by atoms with Gasteiger partial charge < -0.3 is 9.94 Å². The van der Waals surface area contributed by atoms with Gasteiger partial charge in [-0.2, -0.15) is 0 Å². The zero-order valence-corrected chi connectivity index (χ0v) is 9.97. The summed E-state index contributed by atoms with van der Waals surface area (Å²) in [6, 6.07) is 2.08. The number of ether oxygens (including phenoxy) is 1. The summed E-state index contributed by atoms with van der Waals surface area (Å²) in [5.74, 6) is 0.889. The second-order valence-electron chi connectivity index (χ2n) is 4.37. The first kappa shape index (κ1) is 11.4. The van der Waals surface area contributed by atoms with Gasteiger partial charge in [-0.05, 0) is 55.4 Å². The van der Waals surface area contributed by atoms with Gasteiger partial charge in [-0.25, -0.2) is 5.48 Å². The van der Waals surface area contributed by atoms with Crippen LogP contribution in [0.15, 0.2) is 6.07 Å². The van der Waals surface area contributed by atoms with Gasteiger partial charge in [0.2, 0.25) is 0 Å². The molecule has 0 aromatic heterocycles. The molecule has 0 amide bonds. The molecule has 88 valence electrons. The van der Waals surface area contributed by atoms with Crippen molar-refractivity contribution in [2.45, 2.75) is 39.2 Å². The van der Waals surface area contributed by atoms with E-state index in [1.54, 1.807) is 7.11 Å². The molecule has 0 heterocycles. The maximum Gasteiger partial charge on any atom is 0.123 e. The smallest absolute Gasteiger partial charge is 0.123 e. The van der Waals surface area contributed by atoms with Crippen molar-refractivity contribution < 1.29 is 9.94 Å². The van der Waals surface area contributed by atoms with Crippen molar-refractivity contribution in [3.05, 3.63) is 28.3 Å². The van der Waals surface area contributed by atoms with E-state index in [0.717, 1.165) is 24.2 Å². The summed E-state index contributed by atoms with van der Waals surface area (Å²) >= 11 is 0. The average molecular weight is 221 g/mol. The van der Waals surface area contributed by atoms with E-state index in [4.69, 9.17) is 9.94 Å². The van der Waals surface area contributed by atoms with Crippen molar-refractivity contribution >= 4 is 0 Å². The van der Waals surface area contributed by atoms with Crippen LogP contribution in [0.25, 0.3) is 0 Å². The van der Waals surface area contributed by atoms with Crippen LogP contribution in [-0.2, 0) is 19.4 Å². The number of rotatable bonds is 3. The summed E-state index contributed by atoms with van der Waals surface area (Å²) in [4.78, 5) is 0. The molecular weight excluding hydrogens is 202 g/mol. The Hall–Kier alpha value is -1.06. The second-order valence-corrected chi connectivity index (χ2v) is 4.37. The number of methoxy groups -OCH3 is 1. The third kappa shape index (κ3) is 1.93. The number of hydroxylamine groups is 1. The number of fused-ring (bicyclic) bond motifs is 1. The Morgan fingerprint density at radius 1 is 1.31 bits per heavy atom. The van der Waals surface area contributed by atoms with Gasteiger partial charge in [0.1, 0.15) is 5.75 Å². The lowest BCUT2D eigenvalue weighted by atomic mass is 9.85. The summed E-state index contributed by atoms with van der Waals surface area (Å²) in [7, 11) is 1.69. The highest BCUT2D eigenvalue weighted by Gasteiger charge is 2.18. The predicted octanol–water partition coefficient (Wildman–Crippen LogP) is 2.36. The standard InChI is InChI=1S/C13H19NO2/c1-9-7-13(16-2)12(8-14-15)11-6-4-3-5-10(9)11/h7,14-15H,3-6,8H2,1-2H3. The second kappa shape index (κ2) is 4.85. The van der Waals surface area contributed by atoms with Crippen LogP contribution in [0.5, 0.6) is 5.75 Å². The first-order valence-electron chi connectivity index (χ1n) is 5.83. The minimum atomic E-state index is 0.464. The van der Waals surface area contributed by atoms with Gasteiger partial charge in [0, 0.05) is 12.1 Å². The quantitative estimate of drug-likeness (QED) is 0.770. The van der Waals surface area contributed by atoms with E-state index >= 15 is 0 Å². The molecule has 0 unspecified atom stereocenters. The fourth-order valence-corrected chi connectivity index (χ4v) is 2.65. The average Bonchev–Trinajstić information content (AvgIpc) is 2.33. The van der Waals surface area contributed by atoms with Gasteiger partial charge in [-0.3, -0.25) is 0 Å². The van der Waals surface area contributed by atoms with Crippen molar-refractivity contribution in [1.29, 1.82) is 0 Å². The summed E-state index contributed by atoms with van der Waals surface area (Å²) < 4.78 is 5.39. The lowest BCUT2D eigenvalue weighted by Crippen LogP contribution is -2.15. The molecule has 3 nitrogen and oxygen atoms in total. The van der Waals surface area contributed by atoms with Gasteiger partial charge >= 0.3 is 0 Å². The van der Waals surface area contributed by atoms with E-state index in [9.17, 15) is 0 Å². The highest BCUT2D eigenvalue weighted by atomic mass is 16.5. The molecular formula is C13H19NO2. The topological polar surface area (TPSA) is 41.5 Å². The van der Waals surface area contributed by atoms with Crippen molar-refractivity contribution in [1.82, 2.24) is 5.48 Å². The molecule has 0 bridgehead atoms. The summed E-state index contributed by atoms with van der Waals surface area (Å²) in [5, 5.41) is 8.90. The van der Waals surface area contributed by atoms with Crippen molar-refractivity contribution in [3.63, 3.8) is 0 Å². The van der Waals surface area contributed by atoms with Gasteiger partial charge in [-0.1, -0.05) is 0 Å². The van der Waals surface area contributed by atoms with Crippen LogP contribution >= 0.6 is 0 Å². The van der Waals surface area contributed by atoms with Crippen LogP contribution < -0.4 is 10.2 Å². The van der Waals surface area contributed by atoms with E-state index in [2.05, 4.69) is 18.5 Å². The minimum Gasteiger partial charge on any atom is -0.496 e. The summed E-state index contributed by atoms with van der Waals surface area (Å²) in [6.45, 7) is 2.61. The van der Waals surface area contributed by atoms with Crippen LogP contribution in [0.1, 0.15) is 35.1 Å². The molecule has 1 aromatic rings. The largest absolute Gasteiger partial charge is 0.496 e. The first-order valence-corrected chi connectivity index (χ1v) is 5.83. The molecule has 0 saturated heterocycles. The van der Waals surface area contributed by atoms with Crippen LogP contribution in [0.2, 0.25) is 0 Å². The van der Waals surface area contributed by atoms with E-state index in [-0.39, 0.29) is 0 Å². The molecule has 3 heteroatoms. The SMILES string of the molecule is COc1cc(C)c2c(c1CNO)CCCC2. The van der Waals surface area contributed by atoms with E-state index < -0.39 is 0 Å². The van der Waals surface area contributed by atoms with Crippen LogP contribution in [0, 0.1) is 6.92 Å². The fraction of sp³-hybridized carbons (Fsp3) is 0.538. The Morgan fingerprint density at radius 2 is 2.00 bits per heavy atom. The number of benzene rings is 1. The van der Waals surface area contributed by atoms with Crippen molar-refractivity contribution in [2.24, 2.45) is 0 Å². The Bertz CT molecular complexity index is 388. The molecule has 1 aliphatic rings. The molecule has 0 saturated carbocycles. The first-order chi connectivity index (χ1) is 7.77. The maximum atomic E-state index is 8.90. The highest BCUT2D eigenvalue weighted by Crippen LogP contribution is 2.33. The Labute approximate surface area is 96.4 Å². The zero-order valence-electron chi connectivity index (χ0n) is 9.97. The number of hydrogen-bond acceptors (Lipinski definition) is 3. The molecule has 0 radical (unpaired) electrons. The van der Waals surface area contributed by atoms with E-state index in [0.29, 0.717) is 6.54 Å². The van der Waals surface area contributed by atoms with Gasteiger partial charge in [0.15, 0.2) is 0 Å². The summed E-state index contributed by atoms with van der Waals surface area (Å²) in [6.07, 6.45) is 4.76. The van der Waals surface area contributed by atoms with Gasteiger partial charge in [0.25, 0.3) is 0 Å². The fourth-order valence-electron chi connectivity index (χ4n) is 2.65. The normalized spacial score (nSPS) is 14.7. The zero-order chi connectivity index (χ0) is 11.5. The molecule has 1 aromatic carbocycles. The van der Waals surface area contributed by atoms with Gasteiger partial charge in [-0.15, -0.1) is 0 Å². The number of nitrogens with one attached hydrogen (secondary N) is 1. The lowest BCUT2D eigenvalue weighted by molar-refractivity contribution is 0.159. The Kier molecular flexibility index (Phi) is 3.46. The molecule has 2 rings (SSSR count). The lowest BCUT2D eigenvalue weighted by Gasteiger charge is -2.23. The minimum absolute atomic E-state index is 0.464. The van der Waals surface area contributed by atoms with E-state index in [1.165, 1.54) is 29.5 Å². The molecule has 0 aliphatic heterocycles. The maximum absolute atomic E-state index is 8.90. The third-order valence-electron chi connectivity index (χ3n) is 3.43. The van der Waals surface area contributed by atoms with Crippen molar-refractivity contribution in [3.8, 4) is 5.75 Å². The Morgan fingerprint density at radius 3 is 2.62 bits per heavy atom. The molecule has 1 aliphatic carbocycles. The third-order valence-corrected chi connectivity index (χ3v) is 3.43. The van der Waals surface area contributed by atoms with Crippen LogP contribution in [-0.4, -0.2) is 12.3 Å². The molecule has 0 atom stereocenters. The van der Waals surface area contributed by atoms with Crippen LogP contribution in [0.4, 0.5) is 0 Å². The van der Waals surface area contributed by atoms with Crippen LogP contribution in [0.3, 0.4) is 0 Å². The molecule has 0 spiro atoms. The van der Waals surface area contributed by atoms with Gasteiger partial charge in [0.05, 0.1) is 7.11 Å². The predicted molar refractivity (Wildman–Crippen MR) is 63.0 cm³/mol. The van der Waals surface area contributed by atoms with E-state index in [1.807, 2.05) is 0 Å². The molecule has 0 fully saturated rings. The molecule has 2 N–H and O–H groups in total. The molecule has 16 heavy (non-hydrogen) atoms. The van der Waals surface area contributed by atoms with Crippen molar-refractivity contribution in [2.75, 3.05) is 7.11 Å².